The number of piperazine rings is 1. The number of hydrogen-bond acceptors (Lipinski definition) is 6. The van der Waals surface area contributed by atoms with Crippen molar-refractivity contribution in [1.82, 2.24) is 15.1 Å². The van der Waals surface area contributed by atoms with Crippen molar-refractivity contribution in [3.63, 3.8) is 0 Å². The van der Waals surface area contributed by atoms with E-state index in [9.17, 15) is 14.9 Å². The monoisotopic (exact) mass is 383 g/mol. The number of nitro benzene ring substituents is 1. The van der Waals surface area contributed by atoms with E-state index >= 15 is 0 Å². The standard InChI is InChI=1S/C17H25N5O3.ClH/c1-19(15-4-2-3-5-16(15)22(24)25)13-17(23)21-9-6-14(12-21)20-10-7-18-8-11-20;/h2-5,14,18H,6-13H2,1H3;1H. The Morgan fingerprint density at radius 1 is 1.31 bits per heavy atom. The van der Waals surface area contributed by atoms with Crippen LogP contribution in [0.1, 0.15) is 6.42 Å². The van der Waals surface area contributed by atoms with Crippen molar-refractivity contribution in [3.8, 4) is 0 Å². The Bertz CT molecular complexity index is 639. The second-order valence-corrected chi connectivity index (χ2v) is 6.67. The number of nitrogens with zero attached hydrogens (tertiary/aromatic N) is 4. The Kier molecular flexibility index (Phi) is 7.19. The topological polar surface area (TPSA) is 82.0 Å². The lowest BCUT2D eigenvalue weighted by Crippen LogP contribution is -2.49. The molecule has 1 N–H and O–H groups in total. The number of benzene rings is 1. The normalized spacial score (nSPS) is 20.5. The summed E-state index contributed by atoms with van der Waals surface area (Å²) in [6, 6.07) is 6.96. The number of anilines is 1. The van der Waals surface area contributed by atoms with Crippen LogP contribution in [0.3, 0.4) is 0 Å². The number of nitro groups is 1. The van der Waals surface area contributed by atoms with Gasteiger partial charge in [0, 0.05) is 58.4 Å². The molecule has 0 spiro atoms. The zero-order chi connectivity index (χ0) is 17.8. The first-order valence-corrected chi connectivity index (χ1v) is 8.73. The van der Waals surface area contributed by atoms with Crippen molar-refractivity contribution in [2.24, 2.45) is 0 Å². The summed E-state index contributed by atoms with van der Waals surface area (Å²) < 4.78 is 0. The zero-order valence-corrected chi connectivity index (χ0v) is 15.8. The molecule has 144 valence electrons. The van der Waals surface area contributed by atoms with E-state index in [-0.39, 0.29) is 30.5 Å². The number of carbonyl (C=O) groups excluding carboxylic acids is 1. The van der Waals surface area contributed by atoms with Crippen LogP contribution in [0.25, 0.3) is 0 Å². The SMILES string of the molecule is CN(CC(=O)N1CCC(N2CCNCC2)C1)c1ccccc1[N+](=O)[O-].Cl. The lowest BCUT2D eigenvalue weighted by atomic mass is 10.2. The van der Waals surface area contributed by atoms with Crippen LogP contribution >= 0.6 is 12.4 Å². The highest BCUT2D eigenvalue weighted by atomic mass is 35.5. The Balaban J connectivity index is 0.00000243. The number of amides is 1. The van der Waals surface area contributed by atoms with Crippen LogP contribution in [0.4, 0.5) is 11.4 Å². The molecule has 0 aliphatic carbocycles. The fourth-order valence-corrected chi connectivity index (χ4v) is 3.64. The number of likely N-dealkylation sites (tertiary alicyclic amines) is 1. The molecule has 2 heterocycles. The van der Waals surface area contributed by atoms with Gasteiger partial charge in [0.2, 0.25) is 5.91 Å². The van der Waals surface area contributed by atoms with Crippen molar-refractivity contribution >= 4 is 29.7 Å². The van der Waals surface area contributed by atoms with E-state index in [0.717, 1.165) is 45.7 Å². The highest BCUT2D eigenvalue weighted by Gasteiger charge is 2.31. The van der Waals surface area contributed by atoms with Gasteiger partial charge >= 0.3 is 0 Å². The molecule has 2 fully saturated rings. The van der Waals surface area contributed by atoms with Gasteiger partial charge in [0.25, 0.3) is 5.69 Å². The first kappa shape index (κ1) is 20.4. The van der Waals surface area contributed by atoms with Crippen LogP contribution in [0.5, 0.6) is 0 Å². The minimum absolute atomic E-state index is 0. The number of para-hydroxylation sites is 2. The molecule has 0 aromatic heterocycles. The summed E-state index contributed by atoms with van der Waals surface area (Å²) in [7, 11) is 1.73. The molecule has 26 heavy (non-hydrogen) atoms. The molecular formula is C17H26ClN5O3. The van der Waals surface area contributed by atoms with E-state index in [1.807, 2.05) is 4.90 Å². The van der Waals surface area contributed by atoms with Gasteiger partial charge < -0.3 is 15.1 Å². The second kappa shape index (κ2) is 9.16. The first-order chi connectivity index (χ1) is 12.1. The van der Waals surface area contributed by atoms with Gasteiger partial charge in [0.1, 0.15) is 5.69 Å². The Labute approximate surface area is 159 Å². The molecule has 0 saturated carbocycles. The summed E-state index contributed by atoms with van der Waals surface area (Å²) in [6.45, 7) is 5.74. The molecule has 9 heteroatoms. The Morgan fingerprint density at radius 2 is 2.00 bits per heavy atom. The molecule has 2 saturated heterocycles. The van der Waals surface area contributed by atoms with Crippen LogP contribution in [0.2, 0.25) is 0 Å². The van der Waals surface area contributed by atoms with Gasteiger partial charge in [-0.25, -0.2) is 0 Å². The van der Waals surface area contributed by atoms with Crippen LogP contribution in [-0.4, -0.2) is 79.5 Å². The summed E-state index contributed by atoms with van der Waals surface area (Å²) in [5.41, 5.74) is 0.497. The molecule has 1 aromatic rings. The van der Waals surface area contributed by atoms with Crippen LogP contribution in [0, 0.1) is 10.1 Å². The maximum Gasteiger partial charge on any atom is 0.292 e. The van der Waals surface area contributed by atoms with Gasteiger partial charge in [-0.2, -0.15) is 0 Å². The van der Waals surface area contributed by atoms with Crippen LogP contribution < -0.4 is 10.2 Å². The minimum atomic E-state index is -0.410. The fraction of sp³-hybridized carbons (Fsp3) is 0.588. The van der Waals surface area contributed by atoms with Crippen molar-refractivity contribution in [2.45, 2.75) is 12.5 Å². The lowest BCUT2D eigenvalue weighted by Gasteiger charge is -2.32. The number of rotatable bonds is 5. The summed E-state index contributed by atoms with van der Waals surface area (Å²) in [4.78, 5) is 29.4. The van der Waals surface area contributed by atoms with Crippen molar-refractivity contribution in [1.29, 1.82) is 0 Å². The first-order valence-electron chi connectivity index (χ1n) is 8.73. The molecule has 2 aliphatic rings. The second-order valence-electron chi connectivity index (χ2n) is 6.67. The lowest BCUT2D eigenvalue weighted by molar-refractivity contribution is -0.384. The number of likely N-dealkylation sites (N-methyl/N-ethyl adjacent to an activating group) is 1. The van der Waals surface area contributed by atoms with E-state index in [4.69, 9.17) is 0 Å². The van der Waals surface area contributed by atoms with Gasteiger partial charge in [0.15, 0.2) is 0 Å². The van der Waals surface area contributed by atoms with Gasteiger partial charge in [-0.3, -0.25) is 19.8 Å². The molecule has 0 bridgehead atoms. The zero-order valence-electron chi connectivity index (χ0n) is 15.0. The average Bonchev–Trinajstić information content (AvgIpc) is 3.12. The molecule has 2 aliphatic heterocycles. The number of nitrogens with one attached hydrogen (secondary N) is 1. The highest BCUT2D eigenvalue weighted by Crippen LogP contribution is 2.26. The van der Waals surface area contributed by atoms with E-state index < -0.39 is 4.92 Å². The number of carbonyl (C=O) groups is 1. The maximum absolute atomic E-state index is 12.6. The quantitative estimate of drug-likeness (QED) is 0.602. The van der Waals surface area contributed by atoms with Gasteiger partial charge in [-0.05, 0) is 12.5 Å². The van der Waals surface area contributed by atoms with Crippen molar-refractivity contribution in [2.75, 3.05) is 57.8 Å². The maximum atomic E-state index is 12.6. The number of halogens is 1. The Morgan fingerprint density at radius 3 is 2.69 bits per heavy atom. The van der Waals surface area contributed by atoms with Gasteiger partial charge in [-0.15, -0.1) is 12.4 Å². The molecule has 1 atom stereocenters. The van der Waals surface area contributed by atoms with Crippen LogP contribution in [-0.2, 0) is 4.79 Å². The molecule has 1 amide bonds. The molecule has 8 nitrogen and oxygen atoms in total. The number of hydrogen-bond donors (Lipinski definition) is 1. The fourth-order valence-electron chi connectivity index (χ4n) is 3.64. The molecule has 1 unspecified atom stereocenters. The van der Waals surface area contributed by atoms with E-state index in [2.05, 4.69) is 10.2 Å². The summed E-state index contributed by atoms with van der Waals surface area (Å²) >= 11 is 0. The summed E-state index contributed by atoms with van der Waals surface area (Å²) in [6.07, 6.45) is 1.00. The van der Waals surface area contributed by atoms with E-state index in [1.165, 1.54) is 6.07 Å². The third-order valence-electron chi connectivity index (χ3n) is 5.05. The largest absolute Gasteiger partial charge is 0.360 e. The average molecular weight is 384 g/mol. The van der Waals surface area contributed by atoms with E-state index in [0.29, 0.717) is 11.7 Å². The third kappa shape index (κ3) is 4.63. The van der Waals surface area contributed by atoms with Crippen molar-refractivity contribution < 1.29 is 9.72 Å². The highest BCUT2D eigenvalue weighted by molar-refractivity contribution is 5.85. The third-order valence-corrected chi connectivity index (χ3v) is 5.05. The summed E-state index contributed by atoms with van der Waals surface area (Å²) in [5, 5.41) is 14.5. The molecular weight excluding hydrogens is 358 g/mol. The van der Waals surface area contributed by atoms with Gasteiger partial charge in [-0.1, -0.05) is 12.1 Å². The van der Waals surface area contributed by atoms with Crippen LogP contribution in [0.15, 0.2) is 24.3 Å². The predicted octanol–water partition coefficient (Wildman–Crippen LogP) is 0.959. The smallest absolute Gasteiger partial charge is 0.292 e. The Hall–Kier alpha value is -1.90. The van der Waals surface area contributed by atoms with Crippen molar-refractivity contribution in [3.05, 3.63) is 34.4 Å². The van der Waals surface area contributed by atoms with E-state index in [1.54, 1.807) is 30.1 Å². The minimum Gasteiger partial charge on any atom is -0.360 e. The molecule has 3 rings (SSSR count). The predicted molar refractivity (Wildman–Crippen MR) is 103 cm³/mol. The molecule has 1 aromatic carbocycles. The van der Waals surface area contributed by atoms with Gasteiger partial charge in [0.05, 0.1) is 11.5 Å². The summed E-state index contributed by atoms with van der Waals surface area (Å²) in [5.74, 6) is 0.0262. The molecule has 0 radical (unpaired) electrons.